The van der Waals surface area contributed by atoms with Crippen molar-refractivity contribution in [1.82, 2.24) is 24.1 Å². The van der Waals surface area contributed by atoms with Crippen LogP contribution in [-0.2, 0) is 21.2 Å². The fraction of sp³-hybridized carbons (Fsp3) is 0.226. The first-order valence-corrected chi connectivity index (χ1v) is 15.2. The maximum Gasteiger partial charge on any atom is 0.243 e. The average molecular weight is 582 g/mol. The van der Waals surface area contributed by atoms with Crippen molar-refractivity contribution in [2.75, 3.05) is 36.4 Å². The van der Waals surface area contributed by atoms with E-state index in [-0.39, 0.29) is 10.8 Å². The van der Waals surface area contributed by atoms with Crippen LogP contribution in [0.3, 0.4) is 0 Å². The summed E-state index contributed by atoms with van der Waals surface area (Å²) in [6, 6.07) is 26.2. The van der Waals surface area contributed by atoms with Crippen molar-refractivity contribution in [2.24, 2.45) is 0 Å². The van der Waals surface area contributed by atoms with Gasteiger partial charge in [0, 0.05) is 45.2 Å². The minimum atomic E-state index is -3.70. The van der Waals surface area contributed by atoms with Crippen molar-refractivity contribution < 1.29 is 13.2 Å². The third-order valence-corrected chi connectivity index (χ3v) is 9.20. The fourth-order valence-electron chi connectivity index (χ4n) is 5.24. The molecule has 10 nitrogen and oxygen atoms in total. The maximum absolute atomic E-state index is 13.4. The van der Waals surface area contributed by atoms with Crippen molar-refractivity contribution in [3.63, 3.8) is 0 Å². The van der Waals surface area contributed by atoms with Crippen LogP contribution in [-0.4, -0.2) is 64.6 Å². The molecule has 3 aromatic carbocycles. The Bertz CT molecular complexity index is 1830. The lowest BCUT2D eigenvalue weighted by molar-refractivity contribution is -0.114. The number of hydrogen-bond acceptors (Lipinski definition) is 7. The zero-order chi connectivity index (χ0) is 29.3. The third kappa shape index (κ3) is 5.48. The largest absolute Gasteiger partial charge is 0.353 e. The smallest absolute Gasteiger partial charge is 0.243 e. The van der Waals surface area contributed by atoms with Gasteiger partial charge in [-0.3, -0.25) is 4.79 Å². The van der Waals surface area contributed by atoms with Gasteiger partial charge >= 0.3 is 0 Å². The van der Waals surface area contributed by atoms with Crippen LogP contribution in [0.5, 0.6) is 0 Å². The first-order valence-electron chi connectivity index (χ1n) is 13.8. The first-order chi connectivity index (χ1) is 20.3. The Balaban J connectivity index is 1.31. The molecule has 214 valence electrons. The van der Waals surface area contributed by atoms with Gasteiger partial charge in [0.1, 0.15) is 11.6 Å². The molecule has 0 aliphatic carbocycles. The molecular weight excluding hydrogens is 550 g/mol. The van der Waals surface area contributed by atoms with Crippen LogP contribution in [0.15, 0.2) is 89.8 Å². The van der Waals surface area contributed by atoms with Gasteiger partial charge in [-0.15, -0.1) is 0 Å². The van der Waals surface area contributed by atoms with Crippen molar-refractivity contribution in [2.45, 2.75) is 25.2 Å². The molecule has 6 rings (SSSR count). The van der Waals surface area contributed by atoms with Gasteiger partial charge in [-0.2, -0.15) is 9.40 Å². The number of hydrogen-bond donors (Lipinski definition) is 1. The van der Waals surface area contributed by atoms with E-state index in [1.54, 1.807) is 12.1 Å². The highest BCUT2D eigenvalue weighted by molar-refractivity contribution is 7.89. The van der Waals surface area contributed by atoms with Crippen LogP contribution in [0.1, 0.15) is 24.0 Å². The van der Waals surface area contributed by atoms with Crippen molar-refractivity contribution >= 4 is 38.5 Å². The quantitative estimate of drug-likeness (QED) is 0.307. The van der Waals surface area contributed by atoms with Crippen LogP contribution in [0.25, 0.3) is 16.7 Å². The molecule has 2 aromatic heterocycles. The van der Waals surface area contributed by atoms with Crippen molar-refractivity contribution in [1.29, 1.82) is 0 Å². The molecule has 1 amide bonds. The molecule has 0 radical (unpaired) electrons. The predicted octanol–water partition coefficient (Wildman–Crippen LogP) is 4.18. The summed E-state index contributed by atoms with van der Waals surface area (Å²) in [6.07, 6.45) is 0.561. The Morgan fingerprint density at radius 2 is 1.50 bits per heavy atom. The Morgan fingerprint density at radius 3 is 2.14 bits per heavy atom. The summed E-state index contributed by atoms with van der Waals surface area (Å²) in [5.74, 6) is 1.23. The highest BCUT2D eigenvalue weighted by Gasteiger charge is 2.31. The Labute approximate surface area is 244 Å². The van der Waals surface area contributed by atoms with Gasteiger partial charge in [0.15, 0.2) is 5.65 Å². The molecule has 0 saturated carbocycles. The minimum absolute atomic E-state index is 0.194. The molecule has 5 aromatic rings. The molecule has 11 heteroatoms. The lowest BCUT2D eigenvalue weighted by Crippen LogP contribution is -2.49. The summed E-state index contributed by atoms with van der Waals surface area (Å²) in [5, 5.41) is 8.36. The number of aromatic nitrogens is 4. The molecule has 1 fully saturated rings. The number of nitrogens with one attached hydrogen (secondary N) is 1. The zero-order valence-corrected chi connectivity index (χ0v) is 24.3. The second-order valence-electron chi connectivity index (χ2n) is 10.3. The van der Waals surface area contributed by atoms with Crippen LogP contribution >= 0.6 is 0 Å². The number of fused-ring (bicyclic) bond motifs is 1. The number of aryl methyl sites for hydroxylation is 1. The van der Waals surface area contributed by atoms with E-state index in [9.17, 15) is 13.2 Å². The topological polar surface area (TPSA) is 113 Å². The van der Waals surface area contributed by atoms with E-state index in [2.05, 4.69) is 22.3 Å². The molecule has 1 aliphatic rings. The predicted molar refractivity (Wildman–Crippen MR) is 162 cm³/mol. The Kier molecular flexibility index (Phi) is 7.44. The molecule has 0 unspecified atom stereocenters. The Hall–Kier alpha value is -4.61. The van der Waals surface area contributed by atoms with Crippen molar-refractivity contribution in [3.8, 4) is 5.69 Å². The number of nitrogens with zero attached hydrogens (tertiary/aromatic N) is 6. The number of piperazine rings is 1. The molecule has 3 heterocycles. The minimum Gasteiger partial charge on any atom is -0.353 e. The fourth-order valence-corrected chi connectivity index (χ4v) is 6.67. The lowest BCUT2D eigenvalue weighted by Gasteiger charge is -2.35. The van der Waals surface area contributed by atoms with Gasteiger partial charge < -0.3 is 10.2 Å². The third-order valence-electron chi connectivity index (χ3n) is 7.29. The number of sulfonamides is 1. The highest BCUT2D eigenvalue weighted by atomic mass is 32.2. The van der Waals surface area contributed by atoms with E-state index in [1.165, 1.54) is 23.4 Å². The monoisotopic (exact) mass is 581 g/mol. The van der Waals surface area contributed by atoms with E-state index >= 15 is 0 Å². The van der Waals surface area contributed by atoms with E-state index < -0.39 is 10.0 Å². The van der Waals surface area contributed by atoms with Crippen LogP contribution in [0.4, 0.5) is 11.5 Å². The summed E-state index contributed by atoms with van der Waals surface area (Å²) < 4.78 is 30.2. The lowest BCUT2D eigenvalue weighted by atomic mass is 10.1. The molecule has 1 aliphatic heterocycles. The highest BCUT2D eigenvalue weighted by Crippen LogP contribution is 2.31. The maximum atomic E-state index is 13.4. The number of benzene rings is 3. The number of carbonyl (C=O) groups is 1. The van der Waals surface area contributed by atoms with Crippen LogP contribution in [0, 0.1) is 6.92 Å². The van der Waals surface area contributed by atoms with Crippen LogP contribution in [0.2, 0.25) is 0 Å². The van der Waals surface area contributed by atoms with Gasteiger partial charge in [0.05, 0.1) is 21.7 Å². The van der Waals surface area contributed by atoms with Gasteiger partial charge in [-0.25, -0.2) is 23.1 Å². The van der Waals surface area contributed by atoms with Gasteiger partial charge in [-0.1, -0.05) is 48.5 Å². The van der Waals surface area contributed by atoms with E-state index in [1.807, 2.05) is 60.1 Å². The van der Waals surface area contributed by atoms with Gasteiger partial charge in [0.2, 0.25) is 15.9 Å². The molecule has 0 spiro atoms. The number of rotatable bonds is 7. The molecule has 42 heavy (non-hydrogen) atoms. The summed E-state index contributed by atoms with van der Waals surface area (Å²) in [4.78, 5) is 23.6. The van der Waals surface area contributed by atoms with E-state index in [0.717, 1.165) is 33.8 Å². The molecule has 1 saturated heterocycles. The van der Waals surface area contributed by atoms with Gasteiger partial charge in [0.25, 0.3) is 0 Å². The van der Waals surface area contributed by atoms with Crippen LogP contribution < -0.4 is 10.2 Å². The number of amides is 1. The average Bonchev–Trinajstić information content (AvgIpc) is 3.34. The summed E-state index contributed by atoms with van der Waals surface area (Å²) >= 11 is 0. The summed E-state index contributed by atoms with van der Waals surface area (Å²) in [6.45, 7) is 4.92. The second-order valence-corrected chi connectivity index (χ2v) is 12.2. The molecule has 0 bridgehead atoms. The number of anilines is 2. The first kappa shape index (κ1) is 27.6. The zero-order valence-electron chi connectivity index (χ0n) is 23.4. The summed E-state index contributed by atoms with van der Waals surface area (Å²) in [5.41, 5.74) is 4.10. The second kappa shape index (κ2) is 11.3. The van der Waals surface area contributed by atoms with E-state index in [4.69, 9.17) is 15.1 Å². The number of para-hydroxylation sites is 1. The standard InChI is InChI=1S/C31H31N7O3S/c1-22-29-30(36-17-19-37(20-18-36)42(40,41)27-15-13-25(14-16-27)32-23(2)39)33-28(21-24-9-5-3-6-10-24)34-31(29)38(35-22)26-11-7-4-8-12-26/h3-16H,17-21H2,1-2H3,(H,32,39). The molecular formula is C31H31N7O3S. The summed E-state index contributed by atoms with van der Waals surface area (Å²) in [7, 11) is -3.70. The Morgan fingerprint density at radius 1 is 0.857 bits per heavy atom. The SMILES string of the molecule is CC(=O)Nc1ccc(S(=O)(=O)N2CCN(c3nc(Cc4ccccc4)nc4c3c(C)nn4-c3ccccc3)CC2)cc1. The van der Waals surface area contributed by atoms with Gasteiger partial charge in [-0.05, 0) is 48.9 Å². The molecule has 1 N–H and O–H groups in total. The van der Waals surface area contributed by atoms with E-state index in [0.29, 0.717) is 44.1 Å². The normalized spacial score (nSPS) is 14.3. The number of carbonyl (C=O) groups excluding carboxylic acids is 1. The van der Waals surface area contributed by atoms with Crippen molar-refractivity contribution in [3.05, 3.63) is 102 Å². The molecule has 0 atom stereocenters.